The second-order valence-electron chi connectivity index (χ2n) is 4.32. The third kappa shape index (κ3) is 1.70. The van der Waals surface area contributed by atoms with Crippen molar-refractivity contribution in [1.29, 1.82) is 0 Å². The molecule has 3 heteroatoms. The second kappa shape index (κ2) is 4.44. The van der Waals surface area contributed by atoms with E-state index < -0.39 is 0 Å². The molecule has 88 valence electrons. The molecule has 16 heavy (non-hydrogen) atoms. The lowest BCUT2D eigenvalue weighted by molar-refractivity contribution is -0.0850. The first-order valence-electron chi connectivity index (χ1n) is 5.62. The third-order valence-electron chi connectivity index (χ3n) is 3.30. The molecular formula is C13H18O3. The monoisotopic (exact) mass is 222 g/mol. The van der Waals surface area contributed by atoms with Crippen LogP contribution in [0.3, 0.4) is 0 Å². The highest BCUT2D eigenvalue weighted by Gasteiger charge is 2.42. The summed E-state index contributed by atoms with van der Waals surface area (Å²) in [6.07, 6.45) is 0.985. The van der Waals surface area contributed by atoms with Crippen LogP contribution in [0.5, 0.6) is 5.75 Å². The Morgan fingerprint density at radius 1 is 1.44 bits per heavy atom. The largest absolute Gasteiger partial charge is 0.496 e. The Hall–Kier alpha value is -1.06. The average Bonchev–Trinajstić information content (AvgIpc) is 2.28. The summed E-state index contributed by atoms with van der Waals surface area (Å²) in [5.41, 5.74) is 2.08. The molecule has 0 amide bonds. The van der Waals surface area contributed by atoms with E-state index in [1.165, 1.54) is 5.56 Å². The zero-order valence-electron chi connectivity index (χ0n) is 9.82. The molecule has 1 aliphatic heterocycles. The van der Waals surface area contributed by atoms with Crippen LogP contribution in [0.25, 0.3) is 0 Å². The Bertz CT molecular complexity index is 364. The van der Waals surface area contributed by atoms with E-state index in [1.54, 1.807) is 7.11 Å². The minimum absolute atomic E-state index is 0.108. The van der Waals surface area contributed by atoms with Crippen LogP contribution < -0.4 is 4.74 Å². The molecule has 0 unspecified atom stereocenters. The lowest BCUT2D eigenvalue weighted by Gasteiger charge is -2.41. The van der Waals surface area contributed by atoms with Gasteiger partial charge < -0.3 is 14.6 Å². The van der Waals surface area contributed by atoms with Crippen molar-refractivity contribution >= 4 is 0 Å². The number of aryl methyl sites for hydroxylation is 1. The van der Waals surface area contributed by atoms with E-state index in [4.69, 9.17) is 9.47 Å². The van der Waals surface area contributed by atoms with Crippen LogP contribution in [0.4, 0.5) is 0 Å². The van der Waals surface area contributed by atoms with Crippen LogP contribution in [-0.2, 0) is 16.6 Å². The molecule has 1 aliphatic rings. The van der Waals surface area contributed by atoms with E-state index >= 15 is 0 Å². The Balaban J connectivity index is 2.43. The first-order valence-corrected chi connectivity index (χ1v) is 5.62. The summed E-state index contributed by atoms with van der Waals surface area (Å²) in [5.74, 6) is 0.842. The lowest BCUT2D eigenvalue weighted by Crippen LogP contribution is -2.49. The number of methoxy groups -OCH3 is 1. The highest BCUT2D eigenvalue weighted by atomic mass is 16.5. The van der Waals surface area contributed by atoms with Crippen molar-refractivity contribution in [2.45, 2.75) is 18.8 Å². The van der Waals surface area contributed by atoms with Crippen LogP contribution in [0.15, 0.2) is 18.2 Å². The van der Waals surface area contributed by atoms with E-state index in [0.29, 0.717) is 13.2 Å². The summed E-state index contributed by atoms with van der Waals surface area (Å²) in [5, 5.41) is 9.54. The molecule has 0 aromatic heterocycles. The minimum atomic E-state index is -0.253. The zero-order valence-corrected chi connectivity index (χ0v) is 9.82. The second-order valence-corrected chi connectivity index (χ2v) is 4.32. The van der Waals surface area contributed by atoms with Gasteiger partial charge in [0.1, 0.15) is 5.75 Å². The number of aliphatic hydroxyl groups is 1. The molecular weight excluding hydrogens is 204 g/mol. The molecule has 1 heterocycles. The molecule has 0 saturated carbocycles. The zero-order chi connectivity index (χ0) is 11.6. The molecule has 1 N–H and O–H groups in total. The Morgan fingerprint density at radius 2 is 2.19 bits per heavy atom. The van der Waals surface area contributed by atoms with Crippen molar-refractivity contribution in [2.24, 2.45) is 0 Å². The number of hydrogen-bond donors (Lipinski definition) is 1. The molecule has 0 radical (unpaired) electrons. The average molecular weight is 222 g/mol. The fourth-order valence-electron chi connectivity index (χ4n) is 2.07. The molecule has 1 saturated heterocycles. The van der Waals surface area contributed by atoms with Gasteiger partial charge in [-0.15, -0.1) is 0 Å². The Labute approximate surface area is 96.0 Å². The van der Waals surface area contributed by atoms with Crippen molar-refractivity contribution in [3.8, 4) is 5.75 Å². The maximum absolute atomic E-state index is 9.54. The van der Waals surface area contributed by atoms with Gasteiger partial charge in [-0.1, -0.05) is 19.1 Å². The maximum Gasteiger partial charge on any atom is 0.122 e. The number of benzene rings is 1. The summed E-state index contributed by atoms with van der Waals surface area (Å²) in [6, 6.07) is 6.16. The number of rotatable bonds is 4. The number of ether oxygens (including phenoxy) is 2. The van der Waals surface area contributed by atoms with Crippen LogP contribution in [-0.4, -0.2) is 32.0 Å². The molecule has 0 bridgehead atoms. The fraction of sp³-hybridized carbons (Fsp3) is 0.538. The number of aliphatic hydroxyl groups excluding tert-OH is 1. The van der Waals surface area contributed by atoms with Crippen molar-refractivity contribution in [2.75, 3.05) is 26.9 Å². The summed E-state index contributed by atoms with van der Waals surface area (Å²) < 4.78 is 10.6. The minimum Gasteiger partial charge on any atom is -0.496 e. The van der Waals surface area contributed by atoms with E-state index in [2.05, 4.69) is 19.1 Å². The van der Waals surface area contributed by atoms with E-state index in [9.17, 15) is 5.11 Å². The lowest BCUT2D eigenvalue weighted by atomic mass is 9.78. The third-order valence-corrected chi connectivity index (χ3v) is 3.30. The highest BCUT2D eigenvalue weighted by Crippen LogP contribution is 2.38. The van der Waals surface area contributed by atoms with Gasteiger partial charge in [-0.3, -0.25) is 0 Å². The fourth-order valence-corrected chi connectivity index (χ4v) is 2.07. The number of hydrogen-bond acceptors (Lipinski definition) is 3. The Morgan fingerprint density at radius 3 is 2.62 bits per heavy atom. The Kier molecular flexibility index (Phi) is 3.17. The van der Waals surface area contributed by atoms with Crippen molar-refractivity contribution in [3.05, 3.63) is 29.3 Å². The summed E-state index contributed by atoms with van der Waals surface area (Å²) in [4.78, 5) is 0. The highest BCUT2D eigenvalue weighted by molar-refractivity contribution is 5.44. The van der Waals surface area contributed by atoms with Gasteiger partial charge in [0.2, 0.25) is 0 Å². The topological polar surface area (TPSA) is 38.7 Å². The molecule has 1 aromatic rings. The van der Waals surface area contributed by atoms with Gasteiger partial charge >= 0.3 is 0 Å². The van der Waals surface area contributed by atoms with Crippen LogP contribution in [0.2, 0.25) is 0 Å². The van der Waals surface area contributed by atoms with Gasteiger partial charge in [-0.25, -0.2) is 0 Å². The summed E-state index contributed by atoms with van der Waals surface area (Å²) in [6.45, 7) is 3.38. The van der Waals surface area contributed by atoms with Crippen molar-refractivity contribution in [3.63, 3.8) is 0 Å². The maximum atomic E-state index is 9.54. The van der Waals surface area contributed by atoms with Gasteiger partial charge in [0.25, 0.3) is 0 Å². The van der Waals surface area contributed by atoms with Crippen molar-refractivity contribution in [1.82, 2.24) is 0 Å². The smallest absolute Gasteiger partial charge is 0.122 e. The first-order chi connectivity index (χ1) is 7.75. The van der Waals surface area contributed by atoms with Gasteiger partial charge in [-0.05, 0) is 18.1 Å². The summed E-state index contributed by atoms with van der Waals surface area (Å²) >= 11 is 0. The van der Waals surface area contributed by atoms with Crippen LogP contribution >= 0.6 is 0 Å². The van der Waals surface area contributed by atoms with Crippen molar-refractivity contribution < 1.29 is 14.6 Å². The van der Waals surface area contributed by atoms with Gasteiger partial charge in [-0.2, -0.15) is 0 Å². The van der Waals surface area contributed by atoms with E-state index in [0.717, 1.165) is 17.7 Å². The molecule has 2 rings (SSSR count). The van der Waals surface area contributed by atoms with E-state index in [1.807, 2.05) is 6.07 Å². The standard InChI is InChI=1S/C13H18O3/c1-3-10-4-5-12(15-2)11(6-10)13(7-14)8-16-9-13/h4-6,14H,3,7-9H2,1-2H3. The molecule has 0 atom stereocenters. The normalized spacial score (nSPS) is 17.9. The van der Waals surface area contributed by atoms with Gasteiger partial charge in [0.15, 0.2) is 0 Å². The van der Waals surface area contributed by atoms with Crippen LogP contribution in [0, 0.1) is 0 Å². The quantitative estimate of drug-likeness (QED) is 0.839. The van der Waals surface area contributed by atoms with Gasteiger partial charge in [0, 0.05) is 5.56 Å². The molecule has 0 spiro atoms. The van der Waals surface area contributed by atoms with Gasteiger partial charge in [0.05, 0.1) is 32.3 Å². The molecule has 3 nitrogen and oxygen atoms in total. The predicted octanol–water partition coefficient (Wildman–Crippen LogP) is 1.52. The molecule has 1 aromatic carbocycles. The predicted molar refractivity (Wildman–Crippen MR) is 62.0 cm³/mol. The molecule has 1 fully saturated rings. The first kappa shape index (κ1) is 11.4. The molecule has 0 aliphatic carbocycles. The van der Waals surface area contributed by atoms with Crippen LogP contribution in [0.1, 0.15) is 18.1 Å². The SMILES string of the molecule is CCc1ccc(OC)c(C2(CO)COC2)c1. The summed E-state index contributed by atoms with van der Waals surface area (Å²) in [7, 11) is 1.66. The van der Waals surface area contributed by atoms with E-state index in [-0.39, 0.29) is 12.0 Å².